The van der Waals surface area contributed by atoms with E-state index in [0.717, 1.165) is 34.1 Å². The van der Waals surface area contributed by atoms with Crippen LogP contribution in [0.5, 0.6) is 0 Å². The van der Waals surface area contributed by atoms with Crippen molar-refractivity contribution in [2.45, 2.75) is 5.41 Å². The zero-order valence-corrected chi connectivity index (χ0v) is 34.5. The van der Waals surface area contributed by atoms with Crippen LogP contribution in [0.25, 0.3) is 54.6 Å². The molecule has 0 radical (unpaired) electrons. The molecule has 0 fully saturated rings. The number of anilines is 6. The van der Waals surface area contributed by atoms with E-state index < -0.39 is 5.41 Å². The van der Waals surface area contributed by atoms with E-state index in [1.165, 1.54) is 76.8 Å². The number of benzene rings is 11. The summed E-state index contributed by atoms with van der Waals surface area (Å²) < 4.78 is 0. The SMILES string of the molecule is c1ccc(N(c2ccc3ccc4ccccc4c3c2)c2cccc3c2-c2ccccc2C32c3ccccc3-c3ccc(N(c4ccccc4)c4cccc5ccccc45)cc32)cc1. The standard InChI is InChI=1S/C61H40N2/c1-3-20-44(21-4-1)62(58-31-15-19-41-17-8-10-25-49(41)58)47-37-38-51-50-26-11-13-28-54(50)61(57(51)40-47)55-29-14-12-27-52(55)60-56(61)30-16-32-59(60)63(45-22-5-2-6-23-45)46-36-35-43-34-33-42-18-7-9-24-48(42)53(43)39-46/h1-40H. The first kappa shape index (κ1) is 35.5. The Morgan fingerprint density at radius 3 is 1.49 bits per heavy atom. The number of fused-ring (bicyclic) bond motifs is 14. The van der Waals surface area contributed by atoms with Crippen LogP contribution >= 0.6 is 0 Å². The monoisotopic (exact) mass is 800 g/mol. The molecule has 294 valence electrons. The molecule has 0 aromatic heterocycles. The van der Waals surface area contributed by atoms with Crippen LogP contribution in [-0.4, -0.2) is 0 Å². The highest BCUT2D eigenvalue weighted by molar-refractivity contribution is 6.10. The third kappa shape index (κ3) is 5.19. The van der Waals surface area contributed by atoms with Gasteiger partial charge in [0.15, 0.2) is 0 Å². The van der Waals surface area contributed by atoms with Crippen LogP contribution in [0, 0.1) is 0 Å². The summed E-state index contributed by atoms with van der Waals surface area (Å²) in [7, 11) is 0. The summed E-state index contributed by atoms with van der Waals surface area (Å²) in [6, 6.07) is 89.7. The van der Waals surface area contributed by atoms with E-state index in [2.05, 4.69) is 252 Å². The lowest BCUT2D eigenvalue weighted by molar-refractivity contribution is 0.793. The van der Waals surface area contributed by atoms with Crippen molar-refractivity contribution >= 4 is 66.4 Å². The zero-order chi connectivity index (χ0) is 41.5. The molecule has 11 aromatic carbocycles. The molecule has 0 amide bonds. The molecule has 2 aliphatic rings. The molecule has 0 bridgehead atoms. The number of nitrogens with zero attached hydrogens (tertiary/aromatic N) is 2. The molecule has 2 aliphatic carbocycles. The van der Waals surface area contributed by atoms with Crippen LogP contribution in [0.15, 0.2) is 243 Å². The maximum absolute atomic E-state index is 2.49. The number of hydrogen-bond acceptors (Lipinski definition) is 2. The molecule has 2 nitrogen and oxygen atoms in total. The van der Waals surface area contributed by atoms with Gasteiger partial charge in [-0.25, -0.2) is 0 Å². The molecule has 0 saturated carbocycles. The molecule has 1 unspecified atom stereocenters. The van der Waals surface area contributed by atoms with Gasteiger partial charge in [-0.15, -0.1) is 0 Å². The van der Waals surface area contributed by atoms with Crippen molar-refractivity contribution in [2.24, 2.45) is 0 Å². The second-order valence-electron chi connectivity index (χ2n) is 16.8. The molecule has 63 heavy (non-hydrogen) atoms. The predicted octanol–water partition coefficient (Wildman–Crippen LogP) is 16.4. The van der Waals surface area contributed by atoms with Gasteiger partial charge >= 0.3 is 0 Å². The zero-order valence-electron chi connectivity index (χ0n) is 34.5. The van der Waals surface area contributed by atoms with E-state index in [1.54, 1.807) is 0 Å². The summed E-state index contributed by atoms with van der Waals surface area (Å²) >= 11 is 0. The molecule has 1 atom stereocenters. The Labute approximate surface area is 367 Å². The lowest BCUT2D eigenvalue weighted by Gasteiger charge is -2.33. The summed E-state index contributed by atoms with van der Waals surface area (Å²) in [5, 5.41) is 7.41. The Hall–Kier alpha value is -8.20. The highest BCUT2D eigenvalue weighted by Gasteiger charge is 2.52. The Morgan fingerprint density at radius 1 is 0.254 bits per heavy atom. The van der Waals surface area contributed by atoms with Gasteiger partial charge in [0.1, 0.15) is 0 Å². The molecule has 0 saturated heterocycles. The highest BCUT2D eigenvalue weighted by Crippen LogP contribution is 2.65. The van der Waals surface area contributed by atoms with E-state index in [4.69, 9.17) is 0 Å². The van der Waals surface area contributed by atoms with Crippen LogP contribution in [0.2, 0.25) is 0 Å². The van der Waals surface area contributed by atoms with Crippen LogP contribution in [0.1, 0.15) is 22.3 Å². The lowest BCUT2D eigenvalue weighted by Crippen LogP contribution is -2.26. The van der Waals surface area contributed by atoms with Gasteiger partial charge in [-0.05, 0) is 127 Å². The van der Waals surface area contributed by atoms with Crippen LogP contribution in [0.4, 0.5) is 34.1 Å². The first-order valence-corrected chi connectivity index (χ1v) is 21.8. The fraction of sp³-hybridized carbons (Fsp3) is 0.0164. The van der Waals surface area contributed by atoms with Gasteiger partial charge in [0, 0.05) is 33.7 Å². The maximum Gasteiger partial charge on any atom is 0.0727 e. The normalized spacial score (nSPS) is 14.4. The van der Waals surface area contributed by atoms with Gasteiger partial charge in [-0.1, -0.05) is 182 Å². The molecule has 11 aromatic rings. The fourth-order valence-corrected chi connectivity index (χ4v) is 11.0. The largest absolute Gasteiger partial charge is 0.310 e. The van der Waals surface area contributed by atoms with Crippen molar-refractivity contribution in [3.05, 3.63) is 265 Å². The number of para-hydroxylation sites is 2. The molecule has 1 spiro atoms. The van der Waals surface area contributed by atoms with Gasteiger partial charge in [0.25, 0.3) is 0 Å². The fourth-order valence-electron chi connectivity index (χ4n) is 11.0. The van der Waals surface area contributed by atoms with Crippen molar-refractivity contribution in [3.8, 4) is 22.3 Å². The van der Waals surface area contributed by atoms with E-state index in [1.807, 2.05) is 0 Å². The van der Waals surface area contributed by atoms with Crippen LogP contribution < -0.4 is 9.80 Å². The minimum Gasteiger partial charge on any atom is -0.310 e. The van der Waals surface area contributed by atoms with Crippen molar-refractivity contribution < 1.29 is 0 Å². The van der Waals surface area contributed by atoms with Gasteiger partial charge in [0.2, 0.25) is 0 Å². The molecule has 0 aliphatic heterocycles. The average molecular weight is 801 g/mol. The summed E-state index contributed by atoms with van der Waals surface area (Å²) in [6.07, 6.45) is 0. The molecule has 2 heteroatoms. The van der Waals surface area contributed by atoms with Crippen molar-refractivity contribution in [1.82, 2.24) is 0 Å². The smallest absolute Gasteiger partial charge is 0.0727 e. The van der Waals surface area contributed by atoms with Gasteiger partial charge < -0.3 is 9.80 Å². The summed E-state index contributed by atoms with van der Waals surface area (Å²) in [5.41, 5.74) is 16.5. The number of rotatable bonds is 6. The molecular formula is C61H40N2. The Bertz CT molecular complexity index is 3590. The summed E-state index contributed by atoms with van der Waals surface area (Å²) in [5.74, 6) is 0. The first-order valence-electron chi connectivity index (χ1n) is 21.8. The van der Waals surface area contributed by atoms with Crippen molar-refractivity contribution in [2.75, 3.05) is 9.80 Å². The van der Waals surface area contributed by atoms with Gasteiger partial charge in [-0.3, -0.25) is 0 Å². The highest BCUT2D eigenvalue weighted by atomic mass is 15.2. The minimum absolute atomic E-state index is 0.563. The van der Waals surface area contributed by atoms with Crippen LogP contribution in [0.3, 0.4) is 0 Å². The average Bonchev–Trinajstić information content (AvgIpc) is 3.82. The van der Waals surface area contributed by atoms with Crippen molar-refractivity contribution in [3.63, 3.8) is 0 Å². The molecule has 13 rings (SSSR count). The number of hydrogen-bond donors (Lipinski definition) is 0. The van der Waals surface area contributed by atoms with Crippen molar-refractivity contribution in [1.29, 1.82) is 0 Å². The Kier molecular flexibility index (Phi) is 7.85. The van der Waals surface area contributed by atoms with E-state index in [0.29, 0.717) is 0 Å². The van der Waals surface area contributed by atoms with E-state index >= 15 is 0 Å². The molecule has 0 heterocycles. The molecular weight excluding hydrogens is 761 g/mol. The van der Waals surface area contributed by atoms with E-state index in [9.17, 15) is 0 Å². The second kappa shape index (κ2) is 13.9. The second-order valence-corrected chi connectivity index (χ2v) is 16.8. The summed E-state index contributed by atoms with van der Waals surface area (Å²) in [4.78, 5) is 4.92. The predicted molar refractivity (Wildman–Crippen MR) is 265 cm³/mol. The quantitative estimate of drug-likeness (QED) is 0.155. The Morgan fingerprint density at radius 2 is 0.730 bits per heavy atom. The third-order valence-corrected chi connectivity index (χ3v) is 13.6. The third-order valence-electron chi connectivity index (χ3n) is 13.6. The topological polar surface area (TPSA) is 6.48 Å². The van der Waals surface area contributed by atoms with Crippen LogP contribution in [-0.2, 0) is 5.41 Å². The van der Waals surface area contributed by atoms with E-state index in [-0.39, 0.29) is 0 Å². The molecule has 0 N–H and O–H groups in total. The minimum atomic E-state index is -0.563. The Balaban J connectivity index is 1.09. The lowest BCUT2D eigenvalue weighted by atomic mass is 9.70. The summed E-state index contributed by atoms with van der Waals surface area (Å²) in [6.45, 7) is 0. The van der Waals surface area contributed by atoms with Gasteiger partial charge in [-0.2, -0.15) is 0 Å². The first-order chi connectivity index (χ1) is 31.3. The van der Waals surface area contributed by atoms with Gasteiger partial charge in [0.05, 0.1) is 16.8 Å². The maximum atomic E-state index is 2.49.